The van der Waals surface area contributed by atoms with Crippen LogP contribution < -0.4 is 10.8 Å². The maximum Gasteiger partial charge on any atom is 0.276 e. The van der Waals surface area contributed by atoms with E-state index >= 15 is 0 Å². The normalized spacial score (nSPS) is 16.9. The first-order valence-electron chi connectivity index (χ1n) is 8.38. The molecule has 0 atom stereocenters. The molecule has 1 aromatic rings. The Labute approximate surface area is 138 Å². The number of fused-ring (bicyclic) bond motifs is 1. The fraction of sp³-hybridized carbons (Fsp3) is 0.647. The number of amides is 1. The van der Waals surface area contributed by atoms with E-state index in [2.05, 4.69) is 29.3 Å². The van der Waals surface area contributed by atoms with E-state index in [1.54, 1.807) is 11.5 Å². The van der Waals surface area contributed by atoms with Crippen LogP contribution in [0.15, 0.2) is 12.3 Å². The Morgan fingerprint density at radius 3 is 2.87 bits per heavy atom. The highest BCUT2D eigenvalue weighted by molar-refractivity contribution is 5.93. The van der Waals surface area contributed by atoms with Crippen LogP contribution in [0.25, 0.3) is 0 Å². The summed E-state index contributed by atoms with van der Waals surface area (Å²) in [6.45, 7) is 2.93. The summed E-state index contributed by atoms with van der Waals surface area (Å²) in [6.07, 6.45) is 8.24. The van der Waals surface area contributed by atoms with Crippen LogP contribution >= 0.6 is 0 Å². The van der Waals surface area contributed by atoms with Crippen LogP contribution in [0.4, 0.5) is 0 Å². The standard InChI is InChI=1S/C9H11N3O2.C8H17N/c13-9(12-14)7-3-6-1-2-10-5-8(6)11-4-7;1-9(2)7-6-8-4-3-5-8/h3-4,10,14H,1-2,5H2,(H,12,13);8H,3-7H2,1-2H3. The van der Waals surface area contributed by atoms with Gasteiger partial charge in [-0.2, -0.15) is 0 Å². The Morgan fingerprint density at radius 2 is 2.26 bits per heavy atom. The van der Waals surface area contributed by atoms with Crippen molar-refractivity contribution in [2.45, 2.75) is 38.6 Å². The molecule has 0 radical (unpaired) electrons. The van der Waals surface area contributed by atoms with Gasteiger partial charge in [0.05, 0.1) is 11.3 Å². The number of hydroxylamine groups is 1. The largest absolute Gasteiger partial charge is 0.311 e. The van der Waals surface area contributed by atoms with Gasteiger partial charge in [-0.05, 0) is 57.6 Å². The van der Waals surface area contributed by atoms with Crippen molar-refractivity contribution in [3.8, 4) is 0 Å². The number of hydrogen-bond acceptors (Lipinski definition) is 5. The lowest BCUT2D eigenvalue weighted by molar-refractivity contribution is 0.0705. The predicted molar refractivity (Wildman–Crippen MR) is 89.4 cm³/mol. The average Bonchev–Trinajstić information content (AvgIpc) is 2.52. The lowest BCUT2D eigenvalue weighted by atomic mass is 9.83. The van der Waals surface area contributed by atoms with Crippen molar-refractivity contribution in [2.24, 2.45) is 5.92 Å². The van der Waals surface area contributed by atoms with E-state index in [1.807, 2.05) is 0 Å². The molecule has 1 amide bonds. The zero-order valence-corrected chi connectivity index (χ0v) is 14.1. The van der Waals surface area contributed by atoms with Gasteiger partial charge in [-0.3, -0.25) is 15.0 Å². The molecule has 23 heavy (non-hydrogen) atoms. The van der Waals surface area contributed by atoms with Gasteiger partial charge >= 0.3 is 0 Å². The average molecular weight is 320 g/mol. The number of pyridine rings is 1. The molecule has 3 rings (SSSR count). The SMILES string of the molecule is CN(C)CCC1CCC1.O=C(NO)c1cnc2c(c1)CCNC2. The summed E-state index contributed by atoms with van der Waals surface area (Å²) < 4.78 is 0. The van der Waals surface area contributed by atoms with Crippen molar-refractivity contribution in [3.05, 3.63) is 29.1 Å². The van der Waals surface area contributed by atoms with Crippen molar-refractivity contribution in [1.29, 1.82) is 0 Å². The zero-order chi connectivity index (χ0) is 16.7. The van der Waals surface area contributed by atoms with E-state index in [4.69, 9.17) is 5.21 Å². The number of carbonyl (C=O) groups excluding carboxylic acids is 1. The Balaban J connectivity index is 0.000000185. The summed E-state index contributed by atoms with van der Waals surface area (Å²) in [4.78, 5) is 17.5. The molecule has 0 spiro atoms. The monoisotopic (exact) mass is 320 g/mol. The number of nitrogens with zero attached hydrogens (tertiary/aromatic N) is 2. The molecule has 1 aliphatic heterocycles. The third-order valence-electron chi connectivity index (χ3n) is 4.50. The van der Waals surface area contributed by atoms with Crippen LogP contribution in [0.5, 0.6) is 0 Å². The van der Waals surface area contributed by atoms with E-state index in [1.165, 1.54) is 38.4 Å². The molecular weight excluding hydrogens is 292 g/mol. The highest BCUT2D eigenvalue weighted by Crippen LogP contribution is 2.29. The van der Waals surface area contributed by atoms with Crippen molar-refractivity contribution in [1.82, 2.24) is 20.7 Å². The summed E-state index contributed by atoms with van der Waals surface area (Å²) in [5.74, 6) is 0.561. The summed E-state index contributed by atoms with van der Waals surface area (Å²) in [5, 5.41) is 11.6. The summed E-state index contributed by atoms with van der Waals surface area (Å²) >= 11 is 0. The van der Waals surface area contributed by atoms with Crippen LogP contribution in [-0.4, -0.2) is 48.2 Å². The van der Waals surface area contributed by atoms with E-state index in [0.29, 0.717) is 5.56 Å². The molecule has 6 heteroatoms. The minimum Gasteiger partial charge on any atom is -0.311 e. The Hall–Kier alpha value is -1.50. The Kier molecular flexibility index (Phi) is 6.95. The van der Waals surface area contributed by atoms with Crippen LogP contribution in [0, 0.1) is 5.92 Å². The third-order valence-corrected chi connectivity index (χ3v) is 4.50. The molecule has 128 valence electrons. The van der Waals surface area contributed by atoms with Crippen LogP contribution in [0.3, 0.4) is 0 Å². The van der Waals surface area contributed by atoms with Crippen LogP contribution in [0.2, 0.25) is 0 Å². The smallest absolute Gasteiger partial charge is 0.276 e. The van der Waals surface area contributed by atoms with E-state index in [9.17, 15) is 4.79 Å². The second kappa shape index (κ2) is 8.96. The topological polar surface area (TPSA) is 77.5 Å². The minimum atomic E-state index is -0.515. The van der Waals surface area contributed by atoms with Gasteiger partial charge in [0.2, 0.25) is 0 Å². The Morgan fingerprint density at radius 1 is 1.48 bits per heavy atom. The predicted octanol–water partition coefficient (Wildman–Crippen LogP) is 1.58. The molecule has 6 nitrogen and oxygen atoms in total. The second-order valence-electron chi connectivity index (χ2n) is 6.59. The number of nitrogens with one attached hydrogen (secondary N) is 2. The summed E-state index contributed by atoms with van der Waals surface area (Å²) in [7, 11) is 4.30. The highest BCUT2D eigenvalue weighted by Gasteiger charge is 2.16. The molecule has 0 aromatic carbocycles. The first-order valence-corrected chi connectivity index (χ1v) is 8.38. The zero-order valence-electron chi connectivity index (χ0n) is 14.1. The van der Waals surface area contributed by atoms with Gasteiger partial charge in [0.1, 0.15) is 0 Å². The molecule has 2 aliphatic rings. The number of carbonyl (C=O) groups is 1. The summed E-state index contributed by atoms with van der Waals surface area (Å²) in [6, 6.07) is 1.77. The number of hydrogen-bond donors (Lipinski definition) is 3. The molecule has 1 aromatic heterocycles. The lowest BCUT2D eigenvalue weighted by Gasteiger charge is -2.26. The van der Waals surface area contributed by atoms with Gasteiger partial charge < -0.3 is 10.2 Å². The van der Waals surface area contributed by atoms with Crippen LogP contribution in [-0.2, 0) is 13.0 Å². The van der Waals surface area contributed by atoms with Crippen molar-refractivity contribution >= 4 is 5.91 Å². The molecule has 1 saturated carbocycles. The van der Waals surface area contributed by atoms with Gasteiger partial charge in [-0.1, -0.05) is 19.3 Å². The Bertz CT molecular complexity index is 515. The molecule has 0 bridgehead atoms. The second-order valence-corrected chi connectivity index (χ2v) is 6.59. The highest BCUT2D eigenvalue weighted by atomic mass is 16.5. The molecule has 1 aliphatic carbocycles. The minimum absolute atomic E-state index is 0.396. The fourth-order valence-electron chi connectivity index (χ4n) is 2.76. The molecule has 0 saturated heterocycles. The molecule has 0 unspecified atom stereocenters. The molecule has 1 fully saturated rings. The van der Waals surface area contributed by atoms with Gasteiger partial charge in [-0.25, -0.2) is 5.48 Å². The first-order chi connectivity index (χ1) is 11.1. The van der Waals surface area contributed by atoms with Crippen molar-refractivity contribution < 1.29 is 10.0 Å². The van der Waals surface area contributed by atoms with E-state index < -0.39 is 5.91 Å². The molecular formula is C17H28N4O2. The van der Waals surface area contributed by atoms with E-state index in [0.717, 1.165) is 36.7 Å². The molecule has 2 heterocycles. The van der Waals surface area contributed by atoms with Gasteiger partial charge in [0.15, 0.2) is 0 Å². The summed E-state index contributed by atoms with van der Waals surface area (Å²) in [5.41, 5.74) is 4.04. The van der Waals surface area contributed by atoms with Crippen molar-refractivity contribution in [3.63, 3.8) is 0 Å². The van der Waals surface area contributed by atoms with Crippen LogP contribution in [0.1, 0.15) is 47.3 Å². The number of rotatable bonds is 4. The third kappa shape index (κ3) is 5.57. The maximum absolute atomic E-state index is 11.1. The van der Waals surface area contributed by atoms with Gasteiger partial charge in [0.25, 0.3) is 5.91 Å². The lowest BCUT2D eigenvalue weighted by Crippen LogP contribution is -2.26. The van der Waals surface area contributed by atoms with Crippen molar-refractivity contribution in [2.75, 3.05) is 27.2 Å². The fourth-order valence-corrected chi connectivity index (χ4v) is 2.76. The molecule has 3 N–H and O–H groups in total. The number of aromatic nitrogens is 1. The van der Waals surface area contributed by atoms with Gasteiger partial charge in [0, 0.05) is 12.7 Å². The quantitative estimate of drug-likeness (QED) is 0.580. The maximum atomic E-state index is 11.1. The van der Waals surface area contributed by atoms with Gasteiger partial charge in [-0.15, -0.1) is 0 Å². The van der Waals surface area contributed by atoms with E-state index in [-0.39, 0.29) is 0 Å². The first kappa shape index (κ1) is 17.8.